The molecule has 3 rings (SSSR count). The number of aromatic nitrogens is 4. The number of benzene rings is 1. The van der Waals surface area contributed by atoms with Crippen molar-refractivity contribution in [1.82, 2.24) is 19.3 Å². The largest absolute Gasteiger partial charge is 0.351 e. The minimum absolute atomic E-state index is 0.117. The second kappa shape index (κ2) is 6.88. The smallest absolute Gasteiger partial charge is 0.191 e. The first-order chi connectivity index (χ1) is 11.9. The maximum Gasteiger partial charge on any atom is 0.191 e. The summed E-state index contributed by atoms with van der Waals surface area (Å²) in [6.07, 6.45) is 0. The molecule has 0 radical (unpaired) electrons. The van der Waals surface area contributed by atoms with Gasteiger partial charge in [0.25, 0.3) is 0 Å². The summed E-state index contributed by atoms with van der Waals surface area (Å²) in [6, 6.07) is 10.0. The van der Waals surface area contributed by atoms with Gasteiger partial charge in [0, 0.05) is 36.6 Å². The molecule has 1 aromatic carbocycles. The van der Waals surface area contributed by atoms with Crippen LogP contribution < -0.4 is 0 Å². The highest BCUT2D eigenvalue weighted by Crippen LogP contribution is 2.26. The van der Waals surface area contributed by atoms with Gasteiger partial charge in [-0.2, -0.15) is 0 Å². The van der Waals surface area contributed by atoms with E-state index in [0.717, 1.165) is 39.1 Å². The van der Waals surface area contributed by atoms with E-state index in [2.05, 4.69) is 23.2 Å². The molecule has 2 aromatic heterocycles. The highest BCUT2D eigenvalue weighted by atomic mass is 32.2. The summed E-state index contributed by atoms with van der Waals surface area (Å²) >= 11 is 1.43. The average Bonchev–Trinajstić information content (AvgIpc) is 3.08. The van der Waals surface area contributed by atoms with Gasteiger partial charge in [0.1, 0.15) is 0 Å². The maximum atomic E-state index is 12.6. The Bertz CT molecular complexity index is 939. The summed E-state index contributed by atoms with van der Waals surface area (Å²) in [7, 11) is 3.91. The first kappa shape index (κ1) is 17.5. The predicted molar refractivity (Wildman–Crippen MR) is 101 cm³/mol. The van der Waals surface area contributed by atoms with Gasteiger partial charge in [0.15, 0.2) is 16.8 Å². The molecule has 0 saturated carbocycles. The summed E-state index contributed by atoms with van der Waals surface area (Å²) in [5, 5.41) is 9.32. The molecule has 6 heteroatoms. The molecule has 0 aliphatic carbocycles. The van der Waals surface area contributed by atoms with E-state index in [1.165, 1.54) is 11.8 Å². The minimum Gasteiger partial charge on any atom is -0.351 e. The fourth-order valence-corrected chi connectivity index (χ4v) is 3.64. The van der Waals surface area contributed by atoms with E-state index in [1.54, 1.807) is 0 Å². The van der Waals surface area contributed by atoms with Crippen LogP contribution in [0.25, 0.3) is 11.4 Å². The third-order valence-corrected chi connectivity index (χ3v) is 5.65. The minimum atomic E-state index is 0.117. The number of hydrogen-bond acceptors (Lipinski definition) is 4. The van der Waals surface area contributed by atoms with Crippen LogP contribution in [0.4, 0.5) is 0 Å². The van der Waals surface area contributed by atoms with Gasteiger partial charge in [-0.15, -0.1) is 10.2 Å². The van der Waals surface area contributed by atoms with Crippen molar-refractivity contribution in [2.45, 2.75) is 25.9 Å². The molecular formula is C19H22N4OS. The maximum absolute atomic E-state index is 12.6. The van der Waals surface area contributed by atoms with E-state index in [4.69, 9.17) is 0 Å². The SMILES string of the molecule is Cc1ccccc1-c1nnc(SCC(=O)c2cc(C)n(C)c2C)n1C. The Kier molecular flexibility index (Phi) is 4.81. The highest BCUT2D eigenvalue weighted by Gasteiger charge is 2.17. The van der Waals surface area contributed by atoms with E-state index in [0.29, 0.717) is 5.75 Å². The van der Waals surface area contributed by atoms with Gasteiger partial charge in [-0.3, -0.25) is 4.79 Å². The van der Waals surface area contributed by atoms with E-state index in [9.17, 15) is 4.79 Å². The van der Waals surface area contributed by atoms with E-state index < -0.39 is 0 Å². The fraction of sp³-hybridized carbons (Fsp3) is 0.316. The van der Waals surface area contributed by atoms with Crippen LogP contribution in [-0.2, 0) is 14.1 Å². The third-order valence-electron chi connectivity index (χ3n) is 4.63. The van der Waals surface area contributed by atoms with Crippen molar-refractivity contribution in [3.05, 3.63) is 52.8 Å². The number of ketones is 1. The summed E-state index contributed by atoms with van der Waals surface area (Å²) in [4.78, 5) is 12.6. The lowest BCUT2D eigenvalue weighted by Gasteiger charge is -2.06. The number of carbonyl (C=O) groups is 1. The van der Waals surface area contributed by atoms with Crippen LogP contribution in [0.15, 0.2) is 35.5 Å². The summed E-state index contributed by atoms with van der Waals surface area (Å²) < 4.78 is 3.99. The number of rotatable bonds is 5. The number of hydrogen-bond donors (Lipinski definition) is 0. The molecule has 3 aromatic rings. The standard InChI is InChI=1S/C19H22N4OS/c1-12-8-6-7-9-15(12)18-20-21-19(23(18)5)25-11-17(24)16-10-13(2)22(4)14(16)3/h6-10H,11H2,1-5H3. The summed E-state index contributed by atoms with van der Waals surface area (Å²) in [5.41, 5.74) is 5.09. The molecular weight excluding hydrogens is 332 g/mol. The number of carbonyl (C=O) groups excluding carboxylic acids is 1. The van der Waals surface area contributed by atoms with Crippen LogP contribution in [0.1, 0.15) is 27.3 Å². The van der Waals surface area contributed by atoms with E-state index in [1.807, 2.05) is 61.3 Å². The third kappa shape index (κ3) is 3.26. The molecule has 0 aliphatic heterocycles. The molecule has 0 aliphatic rings. The van der Waals surface area contributed by atoms with Gasteiger partial charge < -0.3 is 9.13 Å². The zero-order chi connectivity index (χ0) is 18.1. The Morgan fingerprint density at radius 2 is 1.80 bits per heavy atom. The molecule has 0 unspecified atom stereocenters. The van der Waals surface area contributed by atoms with Gasteiger partial charge in [0.2, 0.25) is 0 Å². The average molecular weight is 354 g/mol. The summed E-state index contributed by atoms with van der Waals surface area (Å²) in [5.74, 6) is 1.29. The van der Waals surface area contributed by atoms with Crippen molar-refractivity contribution in [2.75, 3.05) is 5.75 Å². The van der Waals surface area contributed by atoms with Crippen LogP contribution in [0.5, 0.6) is 0 Å². The Morgan fingerprint density at radius 1 is 1.08 bits per heavy atom. The van der Waals surface area contributed by atoms with Gasteiger partial charge in [-0.05, 0) is 32.4 Å². The van der Waals surface area contributed by atoms with Gasteiger partial charge in [0.05, 0.1) is 5.75 Å². The lowest BCUT2D eigenvalue weighted by molar-refractivity contribution is 0.102. The monoisotopic (exact) mass is 354 g/mol. The van der Waals surface area contributed by atoms with Crippen LogP contribution in [0.2, 0.25) is 0 Å². The first-order valence-electron chi connectivity index (χ1n) is 8.14. The Labute approximate surface area is 152 Å². The van der Waals surface area contributed by atoms with Crippen molar-refractivity contribution in [1.29, 1.82) is 0 Å². The van der Waals surface area contributed by atoms with E-state index >= 15 is 0 Å². The number of Topliss-reactive ketones (excluding diaryl/α,β-unsaturated/α-hetero) is 1. The van der Waals surface area contributed by atoms with Gasteiger partial charge in [-0.1, -0.05) is 36.0 Å². The molecule has 0 N–H and O–H groups in total. The molecule has 25 heavy (non-hydrogen) atoms. The lowest BCUT2D eigenvalue weighted by Crippen LogP contribution is -2.05. The molecule has 0 bridgehead atoms. The quantitative estimate of drug-likeness (QED) is 0.518. The number of thioether (sulfide) groups is 1. The van der Waals surface area contributed by atoms with Crippen LogP contribution in [-0.4, -0.2) is 30.9 Å². The molecule has 0 atom stereocenters. The molecule has 2 heterocycles. The molecule has 0 saturated heterocycles. The second-order valence-electron chi connectivity index (χ2n) is 6.24. The Morgan fingerprint density at radius 3 is 2.44 bits per heavy atom. The van der Waals surface area contributed by atoms with Crippen molar-refractivity contribution in [3.8, 4) is 11.4 Å². The van der Waals surface area contributed by atoms with Crippen molar-refractivity contribution in [3.63, 3.8) is 0 Å². The van der Waals surface area contributed by atoms with Crippen LogP contribution in [0, 0.1) is 20.8 Å². The number of aryl methyl sites for hydroxylation is 2. The lowest BCUT2D eigenvalue weighted by atomic mass is 10.1. The van der Waals surface area contributed by atoms with Crippen molar-refractivity contribution in [2.24, 2.45) is 14.1 Å². The molecule has 0 spiro atoms. The first-order valence-corrected chi connectivity index (χ1v) is 9.13. The van der Waals surface area contributed by atoms with Crippen LogP contribution in [0.3, 0.4) is 0 Å². The fourth-order valence-electron chi connectivity index (χ4n) is 2.84. The normalized spacial score (nSPS) is 11.1. The molecule has 130 valence electrons. The molecule has 0 fully saturated rings. The Balaban J connectivity index is 1.77. The number of nitrogens with zero attached hydrogens (tertiary/aromatic N) is 4. The topological polar surface area (TPSA) is 52.7 Å². The highest BCUT2D eigenvalue weighted by molar-refractivity contribution is 7.99. The van der Waals surface area contributed by atoms with Gasteiger partial charge in [-0.25, -0.2) is 0 Å². The zero-order valence-electron chi connectivity index (χ0n) is 15.2. The zero-order valence-corrected chi connectivity index (χ0v) is 16.0. The second-order valence-corrected chi connectivity index (χ2v) is 7.18. The van der Waals surface area contributed by atoms with Gasteiger partial charge >= 0.3 is 0 Å². The molecule has 0 amide bonds. The summed E-state index contributed by atoms with van der Waals surface area (Å²) in [6.45, 7) is 6.04. The molecule has 5 nitrogen and oxygen atoms in total. The Hall–Kier alpha value is -2.34. The van der Waals surface area contributed by atoms with Crippen molar-refractivity contribution < 1.29 is 4.79 Å². The van der Waals surface area contributed by atoms with Crippen LogP contribution >= 0.6 is 11.8 Å². The predicted octanol–water partition coefficient (Wildman–Crippen LogP) is 3.72. The van der Waals surface area contributed by atoms with Crippen molar-refractivity contribution >= 4 is 17.5 Å². The van der Waals surface area contributed by atoms with E-state index in [-0.39, 0.29) is 5.78 Å².